The van der Waals surface area contributed by atoms with E-state index in [0.717, 1.165) is 0 Å². The van der Waals surface area contributed by atoms with Crippen molar-refractivity contribution < 1.29 is 17.6 Å². The van der Waals surface area contributed by atoms with Gasteiger partial charge in [0.15, 0.2) is 0 Å². The molecule has 0 amide bonds. The maximum absolute atomic E-state index is 11.7. The van der Waals surface area contributed by atoms with Crippen molar-refractivity contribution in [2.75, 3.05) is 0 Å². The second-order valence-electron chi connectivity index (χ2n) is 2.03. The van der Waals surface area contributed by atoms with Crippen LogP contribution in [0.2, 0.25) is 0 Å². The fourth-order valence-electron chi connectivity index (χ4n) is 0.593. The number of halogens is 4. The van der Waals surface area contributed by atoms with E-state index in [0.29, 0.717) is 0 Å². The second-order valence-corrected chi connectivity index (χ2v) is 2.03. The molecule has 0 unspecified atom stereocenters. The van der Waals surface area contributed by atoms with Crippen molar-refractivity contribution >= 4 is 0 Å². The highest BCUT2D eigenvalue weighted by Crippen LogP contribution is 2.22. The van der Waals surface area contributed by atoms with Crippen molar-refractivity contribution in [3.05, 3.63) is 0 Å². The Kier molecular flexibility index (Phi) is 4.59. The molecule has 11 heavy (non-hydrogen) atoms. The van der Waals surface area contributed by atoms with Crippen LogP contribution in [0.5, 0.6) is 0 Å². The van der Waals surface area contributed by atoms with Gasteiger partial charge in [-0.3, -0.25) is 0 Å². The Morgan fingerprint density at radius 1 is 1.09 bits per heavy atom. The van der Waals surface area contributed by atoms with Gasteiger partial charge in [0.05, 0.1) is 12.0 Å². The Balaban J connectivity index is 3.82. The molecule has 0 N–H and O–H groups in total. The van der Waals surface area contributed by atoms with Gasteiger partial charge in [-0.1, -0.05) is 0 Å². The molecule has 5 heteroatoms. The lowest BCUT2D eigenvalue weighted by Gasteiger charge is -2.11. The average Bonchev–Trinajstić information content (AvgIpc) is 1.87. The molecule has 0 aromatic rings. The van der Waals surface area contributed by atoms with E-state index in [1.54, 1.807) is 6.07 Å². The van der Waals surface area contributed by atoms with Gasteiger partial charge in [0.25, 0.3) is 0 Å². The number of nitrogens with zero attached hydrogens (tertiary/aromatic N) is 1. The monoisotopic (exact) mass is 169 g/mol. The van der Waals surface area contributed by atoms with E-state index in [1.165, 1.54) is 0 Å². The first-order valence-corrected chi connectivity index (χ1v) is 3.02. The fourth-order valence-corrected chi connectivity index (χ4v) is 0.593. The number of hydrogen-bond acceptors (Lipinski definition) is 1. The van der Waals surface area contributed by atoms with Gasteiger partial charge in [-0.15, -0.1) is 0 Å². The highest BCUT2D eigenvalue weighted by atomic mass is 19.3. The molecule has 0 aliphatic carbocycles. The van der Waals surface area contributed by atoms with Gasteiger partial charge in [-0.05, 0) is 6.42 Å². The maximum atomic E-state index is 11.7. The molecule has 0 rings (SSSR count). The van der Waals surface area contributed by atoms with Crippen molar-refractivity contribution in [3.63, 3.8) is 0 Å². The largest absolute Gasteiger partial charge is 0.246 e. The minimum atomic E-state index is -3.04. The highest BCUT2D eigenvalue weighted by Gasteiger charge is 2.29. The van der Waals surface area contributed by atoms with E-state index in [1.807, 2.05) is 0 Å². The summed E-state index contributed by atoms with van der Waals surface area (Å²) in [6, 6.07) is 1.54. The lowest BCUT2D eigenvalue weighted by atomic mass is 10.1. The molecule has 0 atom stereocenters. The zero-order valence-corrected chi connectivity index (χ0v) is 5.61. The molecule has 0 radical (unpaired) electrons. The predicted octanol–water partition coefficient (Wildman–Crippen LogP) is 2.44. The quantitative estimate of drug-likeness (QED) is 0.593. The van der Waals surface area contributed by atoms with Crippen molar-refractivity contribution in [2.45, 2.75) is 25.7 Å². The molecular weight excluding hydrogens is 162 g/mol. The van der Waals surface area contributed by atoms with E-state index in [2.05, 4.69) is 0 Å². The minimum Gasteiger partial charge on any atom is -0.210 e. The number of nitriles is 1. The van der Waals surface area contributed by atoms with Crippen LogP contribution in [0.25, 0.3) is 0 Å². The summed E-state index contributed by atoms with van der Waals surface area (Å²) in [5.41, 5.74) is 0. The van der Waals surface area contributed by atoms with Gasteiger partial charge in [0.1, 0.15) is 0 Å². The number of hydrogen-bond donors (Lipinski definition) is 0. The van der Waals surface area contributed by atoms with E-state index >= 15 is 0 Å². The summed E-state index contributed by atoms with van der Waals surface area (Å²) in [7, 11) is 0. The third-order valence-corrected chi connectivity index (χ3v) is 1.24. The smallest absolute Gasteiger partial charge is 0.210 e. The number of alkyl halides is 4. The summed E-state index contributed by atoms with van der Waals surface area (Å²) in [5.74, 6) is -1.95. The van der Waals surface area contributed by atoms with Crippen LogP contribution in [0.1, 0.15) is 12.8 Å². The van der Waals surface area contributed by atoms with Crippen molar-refractivity contribution in [1.82, 2.24) is 0 Å². The lowest BCUT2D eigenvalue weighted by Crippen LogP contribution is -2.19. The van der Waals surface area contributed by atoms with Crippen LogP contribution in [0.4, 0.5) is 17.6 Å². The SMILES string of the molecule is N#CCCC(C(F)F)C(F)F. The molecule has 0 spiro atoms. The van der Waals surface area contributed by atoms with E-state index < -0.39 is 25.2 Å². The summed E-state index contributed by atoms with van der Waals surface area (Å²) in [5, 5.41) is 7.94. The molecule has 0 saturated heterocycles. The van der Waals surface area contributed by atoms with Crippen molar-refractivity contribution in [2.24, 2.45) is 5.92 Å². The predicted molar refractivity (Wildman–Crippen MR) is 30.3 cm³/mol. The van der Waals surface area contributed by atoms with Gasteiger partial charge in [0, 0.05) is 6.42 Å². The average molecular weight is 169 g/mol. The van der Waals surface area contributed by atoms with Crippen LogP contribution in [-0.4, -0.2) is 12.9 Å². The molecule has 0 fully saturated rings. The standard InChI is InChI=1S/C6H7F4N/c7-5(8)4(6(9)10)2-1-3-11/h4-6H,1-2H2. The zero-order valence-electron chi connectivity index (χ0n) is 5.61. The van der Waals surface area contributed by atoms with Crippen molar-refractivity contribution in [3.8, 4) is 6.07 Å². The van der Waals surface area contributed by atoms with Crippen LogP contribution in [-0.2, 0) is 0 Å². The zero-order chi connectivity index (χ0) is 8.85. The van der Waals surface area contributed by atoms with E-state index in [4.69, 9.17) is 5.26 Å². The summed E-state index contributed by atoms with van der Waals surface area (Å²) >= 11 is 0. The first-order chi connectivity index (χ1) is 5.09. The molecule has 0 aliphatic heterocycles. The van der Waals surface area contributed by atoms with Gasteiger partial charge in [0.2, 0.25) is 12.9 Å². The topological polar surface area (TPSA) is 23.8 Å². The second kappa shape index (κ2) is 4.94. The molecule has 0 heterocycles. The van der Waals surface area contributed by atoms with Gasteiger partial charge >= 0.3 is 0 Å². The Hall–Kier alpha value is -0.790. The lowest BCUT2D eigenvalue weighted by molar-refractivity contribution is -0.0296. The highest BCUT2D eigenvalue weighted by molar-refractivity contribution is 4.74. The Bertz CT molecular complexity index is 132. The summed E-state index contributed by atoms with van der Waals surface area (Å²) in [6.07, 6.45) is -6.77. The molecule has 0 aliphatic rings. The molecule has 0 saturated carbocycles. The Morgan fingerprint density at radius 2 is 1.55 bits per heavy atom. The van der Waals surface area contributed by atoms with Crippen LogP contribution in [0, 0.1) is 17.2 Å². The number of rotatable bonds is 4. The minimum absolute atomic E-state index is 0.251. The molecule has 0 bridgehead atoms. The van der Waals surface area contributed by atoms with Crippen LogP contribution >= 0.6 is 0 Å². The Labute approximate surface area is 61.6 Å². The first-order valence-electron chi connectivity index (χ1n) is 3.02. The summed E-state index contributed by atoms with van der Waals surface area (Å²) in [6.45, 7) is 0. The van der Waals surface area contributed by atoms with Crippen molar-refractivity contribution in [1.29, 1.82) is 5.26 Å². The van der Waals surface area contributed by atoms with E-state index in [9.17, 15) is 17.6 Å². The fraction of sp³-hybridized carbons (Fsp3) is 0.833. The first kappa shape index (κ1) is 10.2. The van der Waals surface area contributed by atoms with Gasteiger partial charge in [-0.25, -0.2) is 17.6 Å². The third kappa shape index (κ3) is 3.81. The molecule has 64 valence electrons. The summed E-state index contributed by atoms with van der Waals surface area (Å²) < 4.78 is 46.7. The van der Waals surface area contributed by atoms with Gasteiger partial charge in [-0.2, -0.15) is 5.26 Å². The molecule has 0 aromatic heterocycles. The van der Waals surface area contributed by atoms with Crippen LogP contribution < -0.4 is 0 Å². The Morgan fingerprint density at radius 3 is 1.82 bits per heavy atom. The van der Waals surface area contributed by atoms with Crippen LogP contribution in [0.3, 0.4) is 0 Å². The molecule has 1 nitrogen and oxygen atoms in total. The van der Waals surface area contributed by atoms with Gasteiger partial charge < -0.3 is 0 Å². The maximum Gasteiger partial charge on any atom is 0.246 e. The molecular formula is C6H7F4N. The normalized spacial score (nSPS) is 11.1. The van der Waals surface area contributed by atoms with Crippen LogP contribution in [0.15, 0.2) is 0 Å². The van der Waals surface area contributed by atoms with E-state index in [-0.39, 0.29) is 6.42 Å². The summed E-state index contributed by atoms with van der Waals surface area (Å²) in [4.78, 5) is 0. The molecule has 0 aromatic carbocycles. The third-order valence-electron chi connectivity index (χ3n) is 1.24.